The van der Waals surface area contributed by atoms with Crippen LogP contribution in [-0.4, -0.2) is 33.4 Å². The molecule has 1 aromatic carbocycles. The van der Waals surface area contributed by atoms with Crippen LogP contribution in [-0.2, 0) is 20.1 Å². The van der Waals surface area contributed by atoms with Crippen LogP contribution in [0.5, 0.6) is 11.5 Å². The Balaban J connectivity index is 2.18. The lowest BCUT2D eigenvalue weighted by Crippen LogP contribution is -2.17. The van der Waals surface area contributed by atoms with E-state index in [-0.39, 0.29) is 12.6 Å². The smallest absolute Gasteiger partial charge is 0.212 e. The second-order valence-electron chi connectivity index (χ2n) is 4.77. The van der Waals surface area contributed by atoms with Gasteiger partial charge in [-0.2, -0.15) is 4.80 Å². The average Bonchev–Trinajstić information content (AvgIpc) is 2.82. The number of halogens is 1. The molecule has 2 rings (SSSR count). The van der Waals surface area contributed by atoms with Crippen molar-refractivity contribution in [1.82, 2.24) is 20.2 Å². The molecule has 0 aliphatic heterocycles. The number of aromatic nitrogens is 4. The average molecular weight is 312 g/mol. The highest BCUT2D eigenvalue weighted by Gasteiger charge is 2.14. The Morgan fingerprint density at radius 3 is 2.76 bits per heavy atom. The minimum atomic E-state index is 0.0429. The molecule has 21 heavy (non-hydrogen) atoms. The second kappa shape index (κ2) is 6.73. The van der Waals surface area contributed by atoms with Gasteiger partial charge in [-0.1, -0.05) is 11.6 Å². The van der Waals surface area contributed by atoms with E-state index in [4.69, 9.17) is 26.8 Å². The minimum Gasteiger partial charge on any atom is -0.493 e. The predicted octanol–water partition coefficient (Wildman–Crippen LogP) is 1.34. The fourth-order valence-corrected chi connectivity index (χ4v) is 2.21. The number of hydrogen-bond donors (Lipinski definition) is 1. The van der Waals surface area contributed by atoms with E-state index in [1.807, 2.05) is 19.1 Å². The van der Waals surface area contributed by atoms with Crippen LogP contribution in [0.15, 0.2) is 12.1 Å². The Labute approximate surface area is 128 Å². The Morgan fingerprint density at radius 1 is 1.43 bits per heavy atom. The third-order valence-corrected chi connectivity index (χ3v) is 3.02. The summed E-state index contributed by atoms with van der Waals surface area (Å²) in [5, 5.41) is 12.1. The van der Waals surface area contributed by atoms with E-state index in [0.29, 0.717) is 28.8 Å². The highest BCUT2D eigenvalue weighted by Crippen LogP contribution is 2.37. The fourth-order valence-electron chi connectivity index (χ4n) is 1.92. The van der Waals surface area contributed by atoms with E-state index in [2.05, 4.69) is 15.4 Å². The van der Waals surface area contributed by atoms with E-state index >= 15 is 0 Å². The largest absolute Gasteiger partial charge is 0.493 e. The zero-order valence-electron chi connectivity index (χ0n) is 12.2. The lowest BCUT2D eigenvalue weighted by atomic mass is 10.1. The molecule has 1 heterocycles. The molecule has 0 saturated heterocycles. The SMILES string of the molecule is COc1cc(CC(C)N)cc(Cl)c1OCc1nnn(C)n1. The predicted molar refractivity (Wildman–Crippen MR) is 78.5 cm³/mol. The van der Waals surface area contributed by atoms with Crippen LogP contribution < -0.4 is 15.2 Å². The van der Waals surface area contributed by atoms with Gasteiger partial charge in [0, 0.05) is 6.04 Å². The summed E-state index contributed by atoms with van der Waals surface area (Å²) in [6, 6.07) is 3.74. The zero-order valence-corrected chi connectivity index (χ0v) is 13.0. The maximum atomic E-state index is 6.26. The summed E-state index contributed by atoms with van der Waals surface area (Å²) in [6.45, 7) is 2.10. The molecule has 0 spiro atoms. The van der Waals surface area contributed by atoms with Crippen molar-refractivity contribution >= 4 is 11.6 Å². The number of benzene rings is 1. The lowest BCUT2D eigenvalue weighted by Gasteiger charge is -2.14. The Morgan fingerprint density at radius 2 is 2.19 bits per heavy atom. The van der Waals surface area contributed by atoms with Gasteiger partial charge in [-0.3, -0.25) is 0 Å². The summed E-state index contributed by atoms with van der Waals surface area (Å²) in [6.07, 6.45) is 0.710. The zero-order chi connectivity index (χ0) is 15.4. The number of aryl methyl sites for hydroxylation is 1. The van der Waals surface area contributed by atoms with Gasteiger partial charge in [-0.05, 0) is 36.3 Å². The Kier molecular flexibility index (Phi) is 4.98. The van der Waals surface area contributed by atoms with E-state index in [9.17, 15) is 0 Å². The molecule has 0 radical (unpaired) electrons. The quantitative estimate of drug-likeness (QED) is 0.866. The van der Waals surface area contributed by atoms with Crippen molar-refractivity contribution in [2.24, 2.45) is 12.8 Å². The summed E-state index contributed by atoms with van der Waals surface area (Å²) >= 11 is 6.26. The summed E-state index contributed by atoms with van der Waals surface area (Å²) in [5.74, 6) is 1.48. The summed E-state index contributed by atoms with van der Waals surface area (Å²) in [7, 11) is 3.25. The Bertz CT molecular complexity index is 615. The van der Waals surface area contributed by atoms with Gasteiger partial charge in [0.15, 0.2) is 18.1 Å². The molecule has 0 saturated carbocycles. The maximum absolute atomic E-state index is 6.26. The fraction of sp³-hybridized carbons (Fsp3) is 0.462. The number of nitrogens with zero attached hydrogens (tertiary/aromatic N) is 4. The molecule has 1 aromatic heterocycles. The highest BCUT2D eigenvalue weighted by molar-refractivity contribution is 6.32. The van der Waals surface area contributed by atoms with Crippen molar-refractivity contribution in [2.75, 3.05) is 7.11 Å². The summed E-state index contributed by atoms with van der Waals surface area (Å²) < 4.78 is 11.0. The van der Waals surface area contributed by atoms with Crippen molar-refractivity contribution in [3.05, 3.63) is 28.5 Å². The van der Waals surface area contributed by atoms with Crippen molar-refractivity contribution in [1.29, 1.82) is 0 Å². The molecule has 0 amide bonds. The van der Waals surface area contributed by atoms with E-state index in [1.54, 1.807) is 14.2 Å². The first kappa shape index (κ1) is 15.5. The highest BCUT2D eigenvalue weighted by atomic mass is 35.5. The molecule has 1 atom stereocenters. The van der Waals surface area contributed by atoms with E-state index < -0.39 is 0 Å². The van der Waals surface area contributed by atoms with Crippen LogP contribution in [0.4, 0.5) is 0 Å². The molecular formula is C13H18ClN5O2. The van der Waals surface area contributed by atoms with Crippen LogP contribution in [0.3, 0.4) is 0 Å². The van der Waals surface area contributed by atoms with Gasteiger partial charge in [-0.25, -0.2) is 0 Å². The van der Waals surface area contributed by atoms with Gasteiger partial charge in [0.1, 0.15) is 0 Å². The first-order valence-electron chi connectivity index (χ1n) is 6.47. The molecule has 2 aromatic rings. The third kappa shape index (κ3) is 4.05. The first-order valence-corrected chi connectivity index (χ1v) is 6.85. The van der Waals surface area contributed by atoms with Gasteiger partial charge in [-0.15, -0.1) is 10.2 Å². The molecule has 1 unspecified atom stereocenters. The van der Waals surface area contributed by atoms with Crippen LogP contribution in [0.25, 0.3) is 0 Å². The van der Waals surface area contributed by atoms with Gasteiger partial charge < -0.3 is 15.2 Å². The summed E-state index contributed by atoms with van der Waals surface area (Å²) in [4.78, 5) is 1.36. The van der Waals surface area contributed by atoms with E-state index in [0.717, 1.165) is 5.56 Å². The van der Waals surface area contributed by atoms with Crippen LogP contribution in [0.1, 0.15) is 18.3 Å². The van der Waals surface area contributed by atoms with Crippen molar-refractivity contribution in [3.63, 3.8) is 0 Å². The lowest BCUT2D eigenvalue weighted by molar-refractivity contribution is 0.276. The summed E-state index contributed by atoms with van der Waals surface area (Å²) in [5.41, 5.74) is 6.80. The molecule has 0 bridgehead atoms. The van der Waals surface area contributed by atoms with Gasteiger partial charge in [0.05, 0.1) is 19.2 Å². The van der Waals surface area contributed by atoms with Crippen molar-refractivity contribution < 1.29 is 9.47 Å². The van der Waals surface area contributed by atoms with Crippen LogP contribution in [0.2, 0.25) is 5.02 Å². The number of methoxy groups -OCH3 is 1. The number of rotatable bonds is 6. The number of hydrogen-bond acceptors (Lipinski definition) is 6. The van der Waals surface area contributed by atoms with E-state index in [1.165, 1.54) is 4.80 Å². The Hall–Kier alpha value is -1.86. The van der Waals surface area contributed by atoms with Crippen molar-refractivity contribution in [3.8, 4) is 11.5 Å². The van der Waals surface area contributed by atoms with Gasteiger partial charge in [0.25, 0.3) is 0 Å². The first-order chi connectivity index (χ1) is 9.99. The van der Waals surface area contributed by atoms with Crippen molar-refractivity contribution in [2.45, 2.75) is 26.0 Å². The molecule has 0 aliphatic rings. The topological polar surface area (TPSA) is 88.1 Å². The van der Waals surface area contributed by atoms with Crippen LogP contribution >= 0.6 is 11.6 Å². The third-order valence-electron chi connectivity index (χ3n) is 2.74. The standard InChI is InChI=1S/C13H18ClN5O2/c1-8(15)4-9-5-10(14)13(11(6-9)20-3)21-7-12-16-18-19(2)17-12/h5-6,8H,4,7,15H2,1-3H3. The number of ether oxygens (including phenoxy) is 2. The molecule has 0 fully saturated rings. The monoisotopic (exact) mass is 311 g/mol. The number of tetrazole rings is 1. The molecule has 0 aliphatic carbocycles. The molecular weight excluding hydrogens is 294 g/mol. The number of nitrogens with two attached hydrogens (primary N) is 1. The van der Waals surface area contributed by atoms with Gasteiger partial charge >= 0.3 is 0 Å². The molecule has 8 heteroatoms. The minimum absolute atomic E-state index is 0.0429. The molecule has 7 nitrogen and oxygen atoms in total. The molecule has 2 N–H and O–H groups in total. The molecule has 114 valence electrons. The second-order valence-corrected chi connectivity index (χ2v) is 5.18. The maximum Gasteiger partial charge on any atom is 0.212 e. The van der Waals surface area contributed by atoms with Gasteiger partial charge in [0.2, 0.25) is 5.82 Å². The normalized spacial score (nSPS) is 12.2. The van der Waals surface area contributed by atoms with Crippen LogP contribution in [0, 0.1) is 0 Å².